The van der Waals surface area contributed by atoms with E-state index >= 15 is 0 Å². The smallest absolute Gasteiger partial charge is 0.416 e. The molecule has 1 unspecified atom stereocenters. The van der Waals surface area contributed by atoms with Crippen molar-refractivity contribution in [1.82, 2.24) is 24.5 Å². The van der Waals surface area contributed by atoms with Crippen molar-refractivity contribution in [2.75, 3.05) is 12.4 Å². The number of anilines is 1. The molecular formula is C30H33F3N6O2. The second-order valence-electron chi connectivity index (χ2n) is 10.8. The topological polar surface area (TPSA) is 94.8 Å². The normalized spacial score (nSPS) is 14.7. The maximum absolute atomic E-state index is 13.2. The average Bonchev–Trinajstić information content (AvgIpc) is 3.29. The lowest BCUT2D eigenvalue weighted by Gasteiger charge is -2.34. The highest BCUT2D eigenvalue weighted by Gasteiger charge is 2.31. The maximum atomic E-state index is 13.2. The Balaban J connectivity index is 1.59. The van der Waals surface area contributed by atoms with Gasteiger partial charge in [-0.25, -0.2) is 15.0 Å². The number of aromatic nitrogens is 5. The van der Waals surface area contributed by atoms with E-state index in [0.29, 0.717) is 46.4 Å². The number of nitrogens with zero attached hydrogens (tertiary/aromatic N) is 5. The van der Waals surface area contributed by atoms with Crippen molar-refractivity contribution in [3.05, 3.63) is 65.6 Å². The summed E-state index contributed by atoms with van der Waals surface area (Å²) < 4.78 is 46.4. The highest BCUT2D eigenvalue weighted by atomic mass is 19.4. The highest BCUT2D eigenvalue weighted by molar-refractivity contribution is 5.86. The number of alkyl halides is 3. The molecule has 1 aliphatic rings. The maximum Gasteiger partial charge on any atom is 0.416 e. The highest BCUT2D eigenvalue weighted by Crippen LogP contribution is 2.36. The number of hydrogen-bond acceptors (Lipinski definition) is 7. The molecule has 0 radical (unpaired) electrons. The van der Waals surface area contributed by atoms with Crippen LogP contribution in [-0.2, 0) is 22.3 Å². The molecule has 216 valence electrons. The number of benzene rings is 1. The zero-order chi connectivity index (χ0) is 29.1. The summed E-state index contributed by atoms with van der Waals surface area (Å²) in [5.41, 5.74) is 2.74. The predicted octanol–water partition coefficient (Wildman–Crippen LogP) is 6.61. The minimum absolute atomic E-state index is 0.0128. The summed E-state index contributed by atoms with van der Waals surface area (Å²) in [6, 6.07) is 9.03. The molecule has 1 saturated carbocycles. The number of fused-ring (bicyclic) bond motifs is 1. The molecule has 3 aromatic heterocycles. The van der Waals surface area contributed by atoms with E-state index in [1.807, 2.05) is 16.7 Å². The molecule has 3 heterocycles. The van der Waals surface area contributed by atoms with Crippen molar-refractivity contribution in [2.24, 2.45) is 5.92 Å². The summed E-state index contributed by atoms with van der Waals surface area (Å²) in [6.07, 6.45) is 2.86. The van der Waals surface area contributed by atoms with Gasteiger partial charge in [0.15, 0.2) is 17.3 Å². The number of hydrogen-bond donors (Lipinski definition) is 1. The fourth-order valence-corrected chi connectivity index (χ4v) is 5.15. The number of rotatable bonds is 10. The van der Waals surface area contributed by atoms with Gasteiger partial charge in [-0.05, 0) is 66.5 Å². The van der Waals surface area contributed by atoms with E-state index < -0.39 is 11.7 Å². The molecule has 1 aromatic carbocycles. The summed E-state index contributed by atoms with van der Waals surface area (Å²) in [5, 5.41) is 3.56. The summed E-state index contributed by atoms with van der Waals surface area (Å²) in [4.78, 5) is 30.3. The average molecular weight is 567 g/mol. The van der Waals surface area contributed by atoms with E-state index in [4.69, 9.17) is 9.72 Å². The molecule has 1 fully saturated rings. The van der Waals surface area contributed by atoms with E-state index in [0.717, 1.165) is 37.0 Å². The van der Waals surface area contributed by atoms with E-state index in [9.17, 15) is 18.0 Å². The SMILES string of the molecule is COC(=O)CCC(Nc1ncnc2nc(-c3cc(C(C)C)ccn3)n(Cc3ccc(C(F)(F)F)cc3)c12)C1CCC1. The van der Waals surface area contributed by atoms with Crippen molar-refractivity contribution in [2.45, 2.75) is 70.6 Å². The molecule has 0 aliphatic heterocycles. The fraction of sp³-hybridized carbons (Fsp3) is 0.433. The fourth-order valence-electron chi connectivity index (χ4n) is 5.15. The Kier molecular flexibility index (Phi) is 8.23. The lowest BCUT2D eigenvalue weighted by molar-refractivity contribution is -0.141. The standard InChI is InChI=1S/C30H33F3N6O2/c1-18(2)21-13-14-34-24(15-21)29-38-28-26(39(29)16-19-7-9-22(10-8-19)30(31,32)33)27(35-17-36-28)37-23(20-5-4-6-20)11-12-25(40)41-3/h7-10,13-15,17-18,20,23H,4-6,11-12,16H2,1-3H3,(H,35,36,37). The zero-order valence-electron chi connectivity index (χ0n) is 23.3. The van der Waals surface area contributed by atoms with Crippen LogP contribution in [0.1, 0.15) is 68.6 Å². The Hall–Kier alpha value is -4.02. The second kappa shape index (κ2) is 11.8. The van der Waals surface area contributed by atoms with Crippen LogP contribution in [0.4, 0.5) is 19.0 Å². The number of methoxy groups -OCH3 is 1. The van der Waals surface area contributed by atoms with Crippen molar-refractivity contribution >= 4 is 23.0 Å². The molecule has 1 aliphatic carbocycles. The lowest BCUT2D eigenvalue weighted by Crippen LogP contribution is -2.34. The van der Waals surface area contributed by atoms with Gasteiger partial charge in [0.05, 0.1) is 12.7 Å². The van der Waals surface area contributed by atoms with Gasteiger partial charge in [0, 0.05) is 25.2 Å². The molecule has 0 amide bonds. The van der Waals surface area contributed by atoms with E-state index in [2.05, 4.69) is 34.1 Å². The largest absolute Gasteiger partial charge is 0.469 e. The Bertz CT molecular complexity index is 1510. The molecule has 41 heavy (non-hydrogen) atoms. The molecule has 0 spiro atoms. The molecule has 1 N–H and O–H groups in total. The quantitative estimate of drug-likeness (QED) is 0.216. The summed E-state index contributed by atoms with van der Waals surface area (Å²) in [7, 11) is 1.38. The third-order valence-electron chi connectivity index (χ3n) is 7.77. The number of esters is 1. The first-order valence-electron chi connectivity index (χ1n) is 13.8. The Morgan fingerprint density at radius 2 is 1.88 bits per heavy atom. The number of carbonyl (C=O) groups excluding carboxylic acids is 1. The van der Waals surface area contributed by atoms with E-state index in [-0.39, 0.29) is 30.9 Å². The zero-order valence-corrected chi connectivity index (χ0v) is 23.3. The van der Waals surface area contributed by atoms with Gasteiger partial charge in [-0.3, -0.25) is 9.78 Å². The van der Waals surface area contributed by atoms with Crippen molar-refractivity contribution < 1.29 is 22.7 Å². The van der Waals surface area contributed by atoms with Crippen LogP contribution in [0, 0.1) is 5.92 Å². The summed E-state index contributed by atoms with van der Waals surface area (Å²) >= 11 is 0. The van der Waals surface area contributed by atoms with Gasteiger partial charge < -0.3 is 14.6 Å². The number of imidazole rings is 1. The number of ether oxygens (including phenoxy) is 1. The second-order valence-corrected chi connectivity index (χ2v) is 10.8. The Labute approximate surface area is 236 Å². The lowest BCUT2D eigenvalue weighted by atomic mass is 9.78. The predicted molar refractivity (Wildman–Crippen MR) is 149 cm³/mol. The van der Waals surface area contributed by atoms with E-state index in [1.165, 1.54) is 25.6 Å². The number of pyridine rings is 1. The summed E-state index contributed by atoms with van der Waals surface area (Å²) in [6.45, 7) is 4.41. The van der Waals surface area contributed by atoms with Crippen LogP contribution in [0.3, 0.4) is 0 Å². The molecule has 8 nitrogen and oxygen atoms in total. The molecule has 0 saturated heterocycles. The van der Waals surface area contributed by atoms with Gasteiger partial charge >= 0.3 is 12.1 Å². The van der Waals surface area contributed by atoms with Gasteiger partial charge in [-0.15, -0.1) is 0 Å². The third kappa shape index (κ3) is 6.34. The molecule has 11 heteroatoms. The van der Waals surface area contributed by atoms with Crippen LogP contribution >= 0.6 is 0 Å². The number of carbonyl (C=O) groups is 1. The molecule has 4 aromatic rings. The van der Waals surface area contributed by atoms with Crippen LogP contribution in [0.5, 0.6) is 0 Å². The van der Waals surface area contributed by atoms with Crippen molar-refractivity contribution in [3.8, 4) is 11.5 Å². The molecule has 0 bridgehead atoms. The summed E-state index contributed by atoms with van der Waals surface area (Å²) in [5.74, 6) is 1.48. The van der Waals surface area contributed by atoms with Gasteiger partial charge in [-0.2, -0.15) is 13.2 Å². The minimum atomic E-state index is -4.42. The van der Waals surface area contributed by atoms with Gasteiger partial charge in [0.1, 0.15) is 17.5 Å². The third-order valence-corrected chi connectivity index (χ3v) is 7.77. The van der Waals surface area contributed by atoms with Gasteiger partial charge in [0.2, 0.25) is 0 Å². The molecule has 1 atom stereocenters. The van der Waals surface area contributed by atoms with Crippen LogP contribution in [0.15, 0.2) is 48.9 Å². The van der Waals surface area contributed by atoms with Crippen molar-refractivity contribution in [1.29, 1.82) is 0 Å². The first-order chi connectivity index (χ1) is 19.6. The van der Waals surface area contributed by atoms with Crippen LogP contribution in [0.2, 0.25) is 0 Å². The first kappa shape index (κ1) is 28.5. The number of nitrogens with one attached hydrogen (secondary N) is 1. The van der Waals surface area contributed by atoms with Crippen LogP contribution in [0.25, 0.3) is 22.7 Å². The Morgan fingerprint density at radius 3 is 2.51 bits per heavy atom. The van der Waals surface area contributed by atoms with E-state index in [1.54, 1.807) is 6.20 Å². The first-order valence-corrected chi connectivity index (χ1v) is 13.8. The molecule has 5 rings (SSSR count). The minimum Gasteiger partial charge on any atom is -0.469 e. The monoisotopic (exact) mass is 566 g/mol. The number of halogens is 3. The molecular weight excluding hydrogens is 533 g/mol. The van der Waals surface area contributed by atoms with Crippen molar-refractivity contribution in [3.63, 3.8) is 0 Å². The van der Waals surface area contributed by atoms with Gasteiger partial charge in [-0.1, -0.05) is 32.4 Å². The van der Waals surface area contributed by atoms with Gasteiger partial charge in [0.25, 0.3) is 0 Å². The Morgan fingerprint density at radius 1 is 1.12 bits per heavy atom. The van der Waals surface area contributed by atoms with Crippen LogP contribution in [-0.4, -0.2) is 43.6 Å². The van der Waals surface area contributed by atoms with Crippen LogP contribution < -0.4 is 5.32 Å².